The Kier molecular flexibility index (Phi) is 5.34. The van der Waals surface area contributed by atoms with Crippen LogP contribution >= 0.6 is 46.3 Å². The van der Waals surface area contributed by atoms with Crippen LogP contribution in [0.15, 0.2) is 17.0 Å². The number of aryl methyl sites for hydroxylation is 1. The average Bonchev–Trinajstić information content (AvgIpc) is 2.58. The number of fused-ring (bicyclic) bond motifs is 1. The van der Waals surface area contributed by atoms with Crippen molar-refractivity contribution in [1.29, 1.82) is 0 Å². The Labute approximate surface area is 114 Å². The fourth-order valence-corrected chi connectivity index (χ4v) is 2.72. The van der Waals surface area contributed by atoms with E-state index in [1.54, 1.807) is 15.3 Å². The van der Waals surface area contributed by atoms with E-state index in [2.05, 4.69) is 47.1 Å². The highest BCUT2D eigenvalue weighted by molar-refractivity contribution is 14.2. The van der Waals surface area contributed by atoms with Gasteiger partial charge in [0.25, 0.3) is 0 Å². The van der Waals surface area contributed by atoms with Gasteiger partial charge >= 0.3 is 0 Å². The predicted molar refractivity (Wildman–Crippen MR) is 78.3 cm³/mol. The molecule has 0 saturated heterocycles. The van der Waals surface area contributed by atoms with Gasteiger partial charge in [0.15, 0.2) is 5.65 Å². The van der Waals surface area contributed by atoms with Crippen LogP contribution in [0.4, 0.5) is 0 Å². The molecule has 0 aliphatic carbocycles. The zero-order valence-electron chi connectivity index (χ0n) is 8.66. The van der Waals surface area contributed by atoms with Crippen LogP contribution in [0, 0.1) is 6.92 Å². The zero-order valence-corrected chi connectivity index (χ0v) is 13.2. The van der Waals surface area contributed by atoms with Gasteiger partial charge in [0.05, 0.1) is 6.20 Å². The lowest BCUT2D eigenvalue weighted by Gasteiger charge is -1.95. The van der Waals surface area contributed by atoms with Crippen molar-refractivity contribution in [2.45, 2.75) is 20.8 Å². The molecule has 0 aliphatic rings. The first-order chi connectivity index (χ1) is 7.22. The topological polar surface area (TPSA) is 30.7 Å². The minimum absolute atomic E-state index is 0.777. The normalized spacial score (nSPS) is 9.93. The van der Waals surface area contributed by atoms with Gasteiger partial charge in [-0.1, -0.05) is 13.8 Å². The molecule has 2 heterocycles. The van der Waals surface area contributed by atoms with E-state index >= 15 is 0 Å². The van der Waals surface area contributed by atoms with Gasteiger partial charge in [-0.15, -0.1) is 0 Å². The van der Waals surface area contributed by atoms with Crippen molar-refractivity contribution >= 4 is 57.4 Å². The van der Waals surface area contributed by atoms with Crippen LogP contribution in [-0.2, 0) is 0 Å². The van der Waals surface area contributed by atoms with E-state index in [1.165, 1.54) is 0 Å². The van der Waals surface area contributed by atoms with E-state index in [0.29, 0.717) is 0 Å². The number of hydrogen-bond acceptors (Lipinski definition) is 3. The fourth-order valence-electron chi connectivity index (χ4n) is 1.14. The van der Waals surface area contributed by atoms with Crippen LogP contribution in [0.5, 0.6) is 0 Å². The molecule has 0 amide bonds. The van der Waals surface area contributed by atoms with E-state index in [0.717, 1.165) is 21.3 Å². The van der Waals surface area contributed by atoms with Crippen molar-refractivity contribution in [3.05, 3.63) is 22.6 Å². The first kappa shape index (κ1) is 13.2. The van der Waals surface area contributed by atoms with Crippen LogP contribution in [0.2, 0.25) is 0 Å². The van der Waals surface area contributed by atoms with Crippen LogP contribution in [0.25, 0.3) is 11.2 Å². The maximum atomic E-state index is 4.36. The molecule has 0 fully saturated rings. The standard InChI is InChI=1S/C7H5BrIN3S.C2H6/c1-4-3-12(13-9)7-6(4)11-5(8)2-10-7;1-2/h2-3H,1H3;1-2H3. The van der Waals surface area contributed by atoms with Gasteiger partial charge in [-0.05, 0) is 28.4 Å². The van der Waals surface area contributed by atoms with Gasteiger partial charge in [-0.25, -0.2) is 9.97 Å². The van der Waals surface area contributed by atoms with Gasteiger partial charge in [0.1, 0.15) is 10.1 Å². The Morgan fingerprint density at radius 3 is 2.73 bits per heavy atom. The summed E-state index contributed by atoms with van der Waals surface area (Å²) in [5, 5.41) is 0. The molecular weight excluding hydrogens is 389 g/mol. The number of halogens is 2. The molecule has 2 aromatic rings. The molecule has 0 spiro atoms. The number of hydrogen-bond donors (Lipinski definition) is 0. The molecule has 0 N–H and O–H groups in total. The SMILES string of the molecule is CC.Cc1cn(SI)c2ncc(Br)nc12. The molecule has 82 valence electrons. The summed E-state index contributed by atoms with van der Waals surface area (Å²) in [6.07, 6.45) is 3.75. The minimum atomic E-state index is 0.777. The van der Waals surface area contributed by atoms with Gasteiger partial charge in [0.2, 0.25) is 0 Å². The molecule has 0 aliphatic heterocycles. The summed E-state index contributed by atoms with van der Waals surface area (Å²) in [7, 11) is 1.59. The lowest BCUT2D eigenvalue weighted by atomic mass is 10.3. The van der Waals surface area contributed by atoms with Crippen LogP contribution in [-0.4, -0.2) is 13.9 Å². The monoisotopic (exact) mass is 399 g/mol. The summed E-state index contributed by atoms with van der Waals surface area (Å²) in [4.78, 5) is 8.66. The summed E-state index contributed by atoms with van der Waals surface area (Å²) >= 11 is 5.53. The van der Waals surface area contributed by atoms with E-state index in [1.807, 2.05) is 30.9 Å². The zero-order chi connectivity index (χ0) is 11.4. The van der Waals surface area contributed by atoms with Crippen LogP contribution < -0.4 is 0 Å². The first-order valence-corrected chi connectivity index (χ1v) is 8.62. The largest absolute Gasteiger partial charge is 0.264 e. The Hall–Kier alpha value is 0.180. The minimum Gasteiger partial charge on any atom is -0.264 e. The molecular formula is C9H11BrIN3S. The molecule has 0 radical (unpaired) electrons. The smallest absolute Gasteiger partial charge is 0.169 e. The highest BCUT2D eigenvalue weighted by Crippen LogP contribution is 2.25. The molecule has 0 aromatic carbocycles. The molecule has 15 heavy (non-hydrogen) atoms. The van der Waals surface area contributed by atoms with Gasteiger partial charge in [-0.2, -0.15) is 0 Å². The second-order valence-corrected chi connectivity index (χ2v) is 5.10. The summed E-state index contributed by atoms with van der Waals surface area (Å²) in [5.74, 6) is 0. The lowest BCUT2D eigenvalue weighted by molar-refractivity contribution is 1.21. The third-order valence-electron chi connectivity index (χ3n) is 1.69. The maximum absolute atomic E-state index is 4.36. The lowest BCUT2D eigenvalue weighted by Crippen LogP contribution is -1.85. The number of rotatable bonds is 1. The van der Waals surface area contributed by atoms with E-state index < -0.39 is 0 Å². The summed E-state index contributed by atoms with van der Waals surface area (Å²) in [6, 6.07) is 0. The highest BCUT2D eigenvalue weighted by atomic mass is 127. The quantitative estimate of drug-likeness (QED) is 0.667. The van der Waals surface area contributed by atoms with Crippen LogP contribution in [0.3, 0.4) is 0 Å². The molecule has 3 nitrogen and oxygen atoms in total. The Morgan fingerprint density at radius 1 is 1.47 bits per heavy atom. The van der Waals surface area contributed by atoms with Crippen molar-refractivity contribution in [3.8, 4) is 0 Å². The molecule has 0 saturated carbocycles. The summed E-state index contributed by atoms with van der Waals surface area (Å²) < 4.78 is 2.78. The van der Waals surface area contributed by atoms with Gasteiger partial charge < -0.3 is 0 Å². The van der Waals surface area contributed by atoms with E-state index in [-0.39, 0.29) is 0 Å². The first-order valence-electron chi connectivity index (χ1n) is 4.51. The number of nitrogens with zero attached hydrogens (tertiary/aromatic N) is 3. The number of aromatic nitrogens is 3. The predicted octanol–water partition coefficient (Wildman–Crippen LogP) is 4.37. The highest BCUT2D eigenvalue weighted by Gasteiger charge is 2.07. The molecule has 0 unspecified atom stereocenters. The van der Waals surface area contributed by atoms with E-state index in [4.69, 9.17) is 0 Å². The van der Waals surface area contributed by atoms with Gasteiger partial charge in [-0.3, -0.25) is 3.97 Å². The summed E-state index contributed by atoms with van der Waals surface area (Å²) in [6.45, 7) is 6.03. The molecule has 2 aromatic heterocycles. The van der Waals surface area contributed by atoms with Crippen molar-refractivity contribution in [2.75, 3.05) is 0 Å². The molecule has 0 atom stereocenters. The third kappa shape index (κ3) is 2.85. The molecule has 6 heteroatoms. The Morgan fingerprint density at radius 2 is 2.13 bits per heavy atom. The van der Waals surface area contributed by atoms with Crippen molar-refractivity contribution in [1.82, 2.24) is 13.9 Å². The molecule has 2 rings (SSSR count). The van der Waals surface area contributed by atoms with Crippen molar-refractivity contribution < 1.29 is 0 Å². The average molecular weight is 400 g/mol. The van der Waals surface area contributed by atoms with E-state index in [9.17, 15) is 0 Å². The second kappa shape index (κ2) is 6.05. The van der Waals surface area contributed by atoms with Gasteiger partial charge in [0, 0.05) is 36.5 Å². The Bertz CT molecular complexity index is 458. The van der Waals surface area contributed by atoms with Crippen molar-refractivity contribution in [2.24, 2.45) is 0 Å². The Balaban J connectivity index is 0.000000531. The second-order valence-electron chi connectivity index (χ2n) is 2.57. The fraction of sp³-hybridized carbons (Fsp3) is 0.333. The molecule has 0 bridgehead atoms. The maximum Gasteiger partial charge on any atom is 0.169 e. The van der Waals surface area contributed by atoms with Crippen LogP contribution in [0.1, 0.15) is 19.4 Å². The van der Waals surface area contributed by atoms with Crippen molar-refractivity contribution in [3.63, 3.8) is 0 Å². The third-order valence-corrected chi connectivity index (χ3v) is 3.77. The summed E-state index contributed by atoms with van der Waals surface area (Å²) in [5.41, 5.74) is 3.02.